The monoisotopic (exact) mass is 505 g/mol. The normalized spacial score (nSPS) is 11.7. The van der Waals surface area contributed by atoms with E-state index < -0.39 is 6.36 Å². The maximum Gasteiger partial charge on any atom is 0.573 e. The van der Waals surface area contributed by atoms with Gasteiger partial charge in [0, 0.05) is 39.4 Å². The van der Waals surface area contributed by atoms with Crippen LogP contribution in [0, 0.1) is 0 Å². The molecule has 0 aliphatic carbocycles. The molecule has 0 saturated heterocycles. The molecule has 1 rings (SSSR count). The van der Waals surface area contributed by atoms with Crippen LogP contribution in [-0.4, -0.2) is 52.8 Å². The van der Waals surface area contributed by atoms with Crippen molar-refractivity contribution in [2.45, 2.75) is 25.7 Å². The molecule has 0 atom stereocenters. The fourth-order valence-electron chi connectivity index (χ4n) is 2.05. The van der Waals surface area contributed by atoms with Gasteiger partial charge in [-0.2, -0.15) is 0 Å². The van der Waals surface area contributed by atoms with Gasteiger partial charge in [0.1, 0.15) is 5.75 Å². The molecular formula is C17H27F3IN3O3. The topological polar surface area (TPSA) is 64.1 Å². The maximum absolute atomic E-state index is 12.4. The molecule has 0 heterocycles. The molecule has 0 aliphatic heterocycles. The summed E-state index contributed by atoms with van der Waals surface area (Å²) in [6.07, 6.45) is -2.96. The van der Waals surface area contributed by atoms with Crippen LogP contribution in [0.5, 0.6) is 5.75 Å². The number of benzene rings is 1. The average Bonchev–Trinajstić information content (AvgIpc) is 2.59. The quantitative estimate of drug-likeness (QED) is 0.209. The molecule has 156 valence electrons. The highest BCUT2D eigenvalue weighted by atomic mass is 127. The minimum Gasteiger partial charge on any atom is -0.405 e. The lowest BCUT2D eigenvalue weighted by Crippen LogP contribution is -2.37. The summed E-state index contributed by atoms with van der Waals surface area (Å²) in [7, 11) is 3.22. The Morgan fingerprint density at radius 3 is 2.48 bits per heavy atom. The predicted molar refractivity (Wildman–Crippen MR) is 109 cm³/mol. The smallest absolute Gasteiger partial charge is 0.405 e. The number of para-hydroxylation sites is 1. The molecule has 1 aromatic rings. The van der Waals surface area contributed by atoms with Crippen LogP contribution in [0.1, 0.15) is 18.4 Å². The van der Waals surface area contributed by atoms with Crippen molar-refractivity contribution in [3.63, 3.8) is 0 Å². The SMILES string of the molecule is CN=C(NCCCCOCCOC)NCc1ccccc1OC(F)(F)F.I. The summed E-state index contributed by atoms with van der Waals surface area (Å²) in [6.45, 7) is 2.64. The number of guanidine groups is 1. The first-order chi connectivity index (χ1) is 12.5. The van der Waals surface area contributed by atoms with Gasteiger partial charge in [-0.15, -0.1) is 37.1 Å². The molecule has 0 fully saturated rings. The zero-order valence-corrected chi connectivity index (χ0v) is 17.8. The number of hydrogen-bond donors (Lipinski definition) is 2. The fourth-order valence-corrected chi connectivity index (χ4v) is 2.05. The Morgan fingerprint density at radius 1 is 1.07 bits per heavy atom. The van der Waals surface area contributed by atoms with Crippen LogP contribution in [0.3, 0.4) is 0 Å². The predicted octanol–water partition coefficient (Wildman–Crippen LogP) is 3.31. The number of halogens is 4. The number of unbranched alkanes of at least 4 members (excludes halogenated alkanes) is 1. The molecule has 0 bridgehead atoms. The van der Waals surface area contributed by atoms with Crippen LogP contribution in [0.25, 0.3) is 0 Å². The summed E-state index contributed by atoms with van der Waals surface area (Å²) in [6, 6.07) is 6.00. The van der Waals surface area contributed by atoms with Crippen LogP contribution in [0.4, 0.5) is 13.2 Å². The number of hydrogen-bond acceptors (Lipinski definition) is 4. The lowest BCUT2D eigenvalue weighted by molar-refractivity contribution is -0.274. The first kappa shape index (κ1) is 25.7. The molecule has 27 heavy (non-hydrogen) atoms. The molecule has 0 aromatic heterocycles. The number of rotatable bonds is 11. The summed E-state index contributed by atoms with van der Waals surface area (Å²) in [4.78, 5) is 4.05. The third-order valence-corrected chi connectivity index (χ3v) is 3.31. The standard InChI is InChI=1S/C17H26F3N3O3.HI/c1-21-16(22-9-5-6-10-25-12-11-24-2)23-13-14-7-3-4-8-15(14)26-17(18,19)20;/h3-4,7-8H,5-6,9-13H2,1-2H3,(H2,21,22,23);1H. The molecule has 0 spiro atoms. The maximum atomic E-state index is 12.4. The number of alkyl halides is 3. The second-order valence-electron chi connectivity index (χ2n) is 5.32. The Hall–Kier alpha value is -1.27. The van der Waals surface area contributed by atoms with E-state index in [1.807, 2.05) is 0 Å². The van der Waals surface area contributed by atoms with Gasteiger partial charge in [-0.3, -0.25) is 4.99 Å². The largest absolute Gasteiger partial charge is 0.573 e. The zero-order chi connectivity index (χ0) is 19.3. The Morgan fingerprint density at radius 2 is 1.81 bits per heavy atom. The Kier molecular flexibility index (Phi) is 14.1. The van der Waals surface area contributed by atoms with Crippen molar-refractivity contribution in [1.82, 2.24) is 10.6 Å². The second kappa shape index (κ2) is 14.7. The van der Waals surface area contributed by atoms with Gasteiger partial charge in [0.05, 0.1) is 13.2 Å². The minimum absolute atomic E-state index is 0. The molecule has 2 N–H and O–H groups in total. The van der Waals surface area contributed by atoms with E-state index in [1.165, 1.54) is 12.1 Å². The fraction of sp³-hybridized carbons (Fsp3) is 0.588. The van der Waals surface area contributed by atoms with Crippen LogP contribution in [-0.2, 0) is 16.0 Å². The highest BCUT2D eigenvalue weighted by Gasteiger charge is 2.31. The van der Waals surface area contributed by atoms with Gasteiger partial charge < -0.3 is 24.8 Å². The summed E-state index contributed by atoms with van der Waals surface area (Å²) in [5.41, 5.74) is 0.388. The van der Waals surface area contributed by atoms with Crippen molar-refractivity contribution in [3.8, 4) is 5.75 Å². The third-order valence-electron chi connectivity index (χ3n) is 3.31. The van der Waals surface area contributed by atoms with Gasteiger partial charge >= 0.3 is 6.36 Å². The molecule has 10 heteroatoms. The van der Waals surface area contributed by atoms with E-state index in [1.54, 1.807) is 26.3 Å². The number of aliphatic imine (C=N–C) groups is 1. The molecule has 6 nitrogen and oxygen atoms in total. The first-order valence-electron chi connectivity index (χ1n) is 8.31. The van der Waals surface area contributed by atoms with Crippen molar-refractivity contribution >= 4 is 29.9 Å². The van der Waals surface area contributed by atoms with E-state index in [2.05, 4.69) is 20.4 Å². The van der Waals surface area contributed by atoms with Gasteiger partial charge in [0.2, 0.25) is 0 Å². The van der Waals surface area contributed by atoms with Crippen molar-refractivity contribution < 1.29 is 27.4 Å². The molecule has 0 amide bonds. The second-order valence-corrected chi connectivity index (χ2v) is 5.32. The molecule has 0 unspecified atom stereocenters. The summed E-state index contributed by atoms with van der Waals surface area (Å²) >= 11 is 0. The Bertz CT molecular complexity index is 546. The van der Waals surface area contributed by atoms with E-state index in [0.29, 0.717) is 37.9 Å². The molecule has 0 saturated carbocycles. The highest BCUT2D eigenvalue weighted by molar-refractivity contribution is 14.0. The molecule has 1 aromatic carbocycles. The summed E-state index contributed by atoms with van der Waals surface area (Å²) in [5, 5.41) is 6.08. The van der Waals surface area contributed by atoms with E-state index in [4.69, 9.17) is 9.47 Å². The van der Waals surface area contributed by atoms with Crippen LogP contribution >= 0.6 is 24.0 Å². The van der Waals surface area contributed by atoms with E-state index in [9.17, 15) is 13.2 Å². The van der Waals surface area contributed by atoms with E-state index >= 15 is 0 Å². The van der Waals surface area contributed by atoms with Gasteiger partial charge in [-0.25, -0.2) is 0 Å². The molecule has 0 radical (unpaired) electrons. The Balaban J connectivity index is 0.00000676. The lowest BCUT2D eigenvalue weighted by atomic mass is 10.2. The molecular weight excluding hydrogens is 478 g/mol. The van der Waals surface area contributed by atoms with Crippen molar-refractivity contribution in [1.29, 1.82) is 0 Å². The van der Waals surface area contributed by atoms with Crippen molar-refractivity contribution in [2.24, 2.45) is 4.99 Å². The van der Waals surface area contributed by atoms with Crippen LogP contribution < -0.4 is 15.4 Å². The van der Waals surface area contributed by atoms with Gasteiger partial charge in [0.15, 0.2) is 5.96 Å². The van der Waals surface area contributed by atoms with Gasteiger partial charge in [0.25, 0.3) is 0 Å². The lowest BCUT2D eigenvalue weighted by Gasteiger charge is -2.15. The number of ether oxygens (including phenoxy) is 3. The summed E-state index contributed by atoms with van der Waals surface area (Å²) in [5.74, 6) is 0.281. The highest BCUT2D eigenvalue weighted by Crippen LogP contribution is 2.25. The number of nitrogens with zero attached hydrogens (tertiary/aromatic N) is 1. The van der Waals surface area contributed by atoms with Crippen LogP contribution in [0.15, 0.2) is 29.3 Å². The van der Waals surface area contributed by atoms with E-state index in [0.717, 1.165) is 12.8 Å². The average molecular weight is 505 g/mol. The first-order valence-corrected chi connectivity index (χ1v) is 8.31. The molecule has 0 aliphatic rings. The van der Waals surface area contributed by atoms with Crippen molar-refractivity contribution in [2.75, 3.05) is 40.5 Å². The third kappa shape index (κ3) is 12.7. The summed E-state index contributed by atoms with van der Waals surface area (Å²) < 4.78 is 51.6. The number of nitrogens with one attached hydrogen (secondary N) is 2. The van der Waals surface area contributed by atoms with Gasteiger partial charge in [-0.05, 0) is 18.9 Å². The number of methoxy groups -OCH3 is 1. The van der Waals surface area contributed by atoms with E-state index in [-0.39, 0.29) is 36.3 Å². The minimum atomic E-state index is -4.72. The Labute approximate surface area is 174 Å². The van der Waals surface area contributed by atoms with Crippen molar-refractivity contribution in [3.05, 3.63) is 29.8 Å². The zero-order valence-electron chi connectivity index (χ0n) is 15.5. The van der Waals surface area contributed by atoms with Gasteiger partial charge in [-0.1, -0.05) is 18.2 Å². The van der Waals surface area contributed by atoms with Crippen LogP contribution in [0.2, 0.25) is 0 Å².